The van der Waals surface area contributed by atoms with Crippen molar-refractivity contribution in [2.75, 3.05) is 37.1 Å². The first-order valence-electron chi connectivity index (χ1n) is 10.5. The predicted octanol–water partition coefficient (Wildman–Crippen LogP) is 3.42. The Kier molecular flexibility index (Phi) is 7.58. The van der Waals surface area contributed by atoms with Crippen molar-refractivity contribution in [3.05, 3.63) is 53.0 Å². The summed E-state index contributed by atoms with van der Waals surface area (Å²) in [6.45, 7) is 1.75. The minimum Gasteiger partial charge on any atom is -0.310 e. The van der Waals surface area contributed by atoms with E-state index in [0.717, 1.165) is 16.0 Å². The van der Waals surface area contributed by atoms with Crippen LogP contribution in [-0.4, -0.2) is 54.9 Å². The second kappa shape index (κ2) is 10.1. The van der Waals surface area contributed by atoms with Crippen molar-refractivity contribution in [2.45, 2.75) is 32.0 Å². The molecule has 7 nitrogen and oxygen atoms in total. The fourth-order valence-electron chi connectivity index (χ4n) is 3.67. The number of hydrogen-bond donors (Lipinski definition) is 1. The number of aryl methyl sites for hydroxylation is 1. The Morgan fingerprint density at radius 2 is 1.74 bits per heavy atom. The van der Waals surface area contributed by atoms with Crippen molar-refractivity contribution in [2.24, 2.45) is 0 Å². The van der Waals surface area contributed by atoms with Crippen molar-refractivity contribution in [1.29, 1.82) is 0 Å². The molecule has 0 spiro atoms. The zero-order chi connectivity index (χ0) is 26.1. The van der Waals surface area contributed by atoms with Gasteiger partial charge in [-0.25, -0.2) is 18.2 Å². The van der Waals surface area contributed by atoms with Crippen LogP contribution in [0.15, 0.2) is 24.3 Å². The van der Waals surface area contributed by atoms with Crippen molar-refractivity contribution in [3.63, 3.8) is 0 Å². The molecular weight excluding hydrogens is 480 g/mol. The standard InChI is InChI=1S/C22H23F6N5O2/c1-12-7-13(22(26,27)28)8-18(29-12)33-17(11-19(34)30-33)21(35)32(6-4-5-31(2)3)14-9-15(23)20(25)16(24)10-14/h7-10,17H,4-6,11H2,1-3H3,(H,30,34). The molecule has 13 heteroatoms. The normalized spacial score (nSPS) is 16.1. The molecule has 0 bridgehead atoms. The summed E-state index contributed by atoms with van der Waals surface area (Å²) < 4.78 is 81.3. The Morgan fingerprint density at radius 3 is 2.31 bits per heavy atom. The van der Waals surface area contributed by atoms with E-state index in [1.54, 1.807) is 19.0 Å². The van der Waals surface area contributed by atoms with Crippen LogP contribution in [0.25, 0.3) is 0 Å². The number of carbonyl (C=O) groups excluding carboxylic acids is 2. The van der Waals surface area contributed by atoms with Gasteiger partial charge < -0.3 is 9.80 Å². The maximum absolute atomic E-state index is 13.9. The lowest BCUT2D eigenvalue weighted by Gasteiger charge is -2.30. The van der Waals surface area contributed by atoms with E-state index in [0.29, 0.717) is 31.2 Å². The van der Waals surface area contributed by atoms with Gasteiger partial charge in [0.1, 0.15) is 11.9 Å². The Hall–Kier alpha value is -3.35. The first-order chi connectivity index (χ1) is 16.3. The van der Waals surface area contributed by atoms with Gasteiger partial charge in [-0.1, -0.05) is 0 Å². The number of hydrogen-bond acceptors (Lipinski definition) is 5. The highest BCUT2D eigenvalue weighted by molar-refractivity contribution is 6.03. The van der Waals surface area contributed by atoms with Crippen LogP contribution in [-0.2, 0) is 15.8 Å². The molecule has 2 aromatic rings. The van der Waals surface area contributed by atoms with Crippen LogP contribution in [0, 0.1) is 24.4 Å². The SMILES string of the molecule is Cc1cc(C(F)(F)F)cc(N2NC(=O)CC2C(=O)N(CCCN(C)C)c2cc(F)c(F)c(F)c2)n1. The highest BCUT2D eigenvalue weighted by Crippen LogP contribution is 2.33. The van der Waals surface area contributed by atoms with Gasteiger partial charge in [-0.05, 0) is 46.1 Å². The van der Waals surface area contributed by atoms with Gasteiger partial charge in [-0.2, -0.15) is 13.2 Å². The average molecular weight is 503 g/mol. The van der Waals surface area contributed by atoms with E-state index in [-0.39, 0.29) is 23.7 Å². The molecule has 1 saturated heterocycles. The van der Waals surface area contributed by atoms with Crippen LogP contribution >= 0.6 is 0 Å². The number of benzene rings is 1. The minimum absolute atomic E-state index is 0.00677. The number of alkyl halides is 3. The summed E-state index contributed by atoms with van der Waals surface area (Å²) in [6, 6.07) is 1.43. The van der Waals surface area contributed by atoms with Gasteiger partial charge in [0.15, 0.2) is 17.5 Å². The summed E-state index contributed by atoms with van der Waals surface area (Å²) in [7, 11) is 3.54. The zero-order valence-corrected chi connectivity index (χ0v) is 19.1. The van der Waals surface area contributed by atoms with Gasteiger partial charge in [-0.15, -0.1) is 0 Å². The van der Waals surface area contributed by atoms with E-state index in [1.807, 2.05) is 0 Å². The van der Waals surface area contributed by atoms with Crippen LogP contribution in [0.2, 0.25) is 0 Å². The third-order valence-electron chi connectivity index (χ3n) is 5.27. The predicted molar refractivity (Wildman–Crippen MR) is 115 cm³/mol. The van der Waals surface area contributed by atoms with Crippen molar-refractivity contribution >= 4 is 23.3 Å². The van der Waals surface area contributed by atoms with Crippen LogP contribution in [0.3, 0.4) is 0 Å². The maximum Gasteiger partial charge on any atom is 0.416 e. The molecule has 1 aromatic carbocycles. The Bertz CT molecular complexity index is 1100. The first kappa shape index (κ1) is 26.3. The van der Waals surface area contributed by atoms with Crippen LogP contribution in [0.1, 0.15) is 24.1 Å². The first-order valence-corrected chi connectivity index (χ1v) is 10.5. The van der Waals surface area contributed by atoms with Crippen LogP contribution in [0.4, 0.5) is 37.8 Å². The lowest BCUT2D eigenvalue weighted by molar-refractivity contribution is -0.137. The van der Waals surface area contributed by atoms with Crippen LogP contribution < -0.4 is 15.3 Å². The van der Waals surface area contributed by atoms with Gasteiger partial charge in [0.25, 0.3) is 5.91 Å². The van der Waals surface area contributed by atoms with Crippen LogP contribution in [0.5, 0.6) is 0 Å². The Balaban J connectivity index is 2.01. The van der Waals surface area contributed by atoms with E-state index in [1.165, 1.54) is 6.92 Å². The van der Waals surface area contributed by atoms with Gasteiger partial charge in [-0.3, -0.25) is 20.0 Å². The molecule has 0 aliphatic carbocycles. The number of aromatic nitrogens is 1. The molecule has 1 N–H and O–H groups in total. The fraction of sp³-hybridized carbons (Fsp3) is 0.409. The number of carbonyl (C=O) groups is 2. The number of nitrogens with zero attached hydrogens (tertiary/aromatic N) is 4. The molecule has 2 amide bonds. The number of nitrogens with one attached hydrogen (secondary N) is 1. The van der Waals surface area contributed by atoms with Crippen molar-refractivity contribution < 1.29 is 35.9 Å². The highest BCUT2D eigenvalue weighted by atomic mass is 19.4. The smallest absolute Gasteiger partial charge is 0.310 e. The Morgan fingerprint density at radius 1 is 1.11 bits per heavy atom. The molecule has 190 valence electrons. The molecule has 1 atom stereocenters. The van der Waals surface area contributed by atoms with Gasteiger partial charge in [0.05, 0.1) is 12.0 Å². The molecule has 0 saturated carbocycles. The largest absolute Gasteiger partial charge is 0.416 e. The number of pyridine rings is 1. The van der Waals surface area contributed by atoms with Crippen molar-refractivity contribution in [1.82, 2.24) is 15.3 Å². The average Bonchev–Trinajstić information content (AvgIpc) is 3.15. The molecule has 35 heavy (non-hydrogen) atoms. The number of rotatable bonds is 7. The van der Waals surface area contributed by atoms with Gasteiger partial charge in [0, 0.05) is 30.1 Å². The quantitative estimate of drug-likeness (QED) is 0.464. The Labute approximate surface area is 197 Å². The monoisotopic (exact) mass is 503 g/mol. The fourth-order valence-corrected chi connectivity index (χ4v) is 3.67. The van der Waals surface area contributed by atoms with E-state index in [2.05, 4.69) is 10.4 Å². The number of hydrazine groups is 1. The summed E-state index contributed by atoms with van der Waals surface area (Å²) >= 11 is 0. The van der Waals surface area contributed by atoms with Gasteiger partial charge >= 0.3 is 6.18 Å². The molecule has 3 rings (SSSR count). The topological polar surface area (TPSA) is 68.8 Å². The highest BCUT2D eigenvalue weighted by Gasteiger charge is 2.41. The molecule has 1 unspecified atom stereocenters. The summed E-state index contributed by atoms with van der Waals surface area (Å²) in [4.78, 5) is 32.5. The lowest BCUT2D eigenvalue weighted by Crippen LogP contribution is -2.50. The minimum atomic E-state index is -4.70. The second-order valence-electron chi connectivity index (χ2n) is 8.35. The molecule has 0 radical (unpaired) electrons. The second-order valence-corrected chi connectivity index (χ2v) is 8.35. The van der Waals surface area contributed by atoms with Gasteiger partial charge in [0.2, 0.25) is 5.91 Å². The number of amides is 2. The van der Waals surface area contributed by atoms with Crippen molar-refractivity contribution in [3.8, 4) is 0 Å². The number of halogens is 6. The summed E-state index contributed by atoms with van der Waals surface area (Å²) in [5.41, 5.74) is 0.990. The maximum atomic E-state index is 13.9. The van der Waals surface area contributed by atoms with E-state index in [4.69, 9.17) is 0 Å². The zero-order valence-electron chi connectivity index (χ0n) is 19.1. The summed E-state index contributed by atoms with van der Waals surface area (Å²) in [5.74, 6) is -6.56. The third kappa shape index (κ3) is 6.02. The van der Waals surface area contributed by atoms with E-state index < -0.39 is 53.5 Å². The molecule has 1 aliphatic rings. The van der Waals surface area contributed by atoms with E-state index in [9.17, 15) is 35.9 Å². The summed E-state index contributed by atoms with van der Waals surface area (Å²) in [5, 5.41) is 0.905. The summed E-state index contributed by atoms with van der Waals surface area (Å²) in [6.07, 6.45) is -4.80. The molecule has 1 aliphatic heterocycles. The van der Waals surface area contributed by atoms with E-state index >= 15 is 0 Å². The molecular formula is C22H23F6N5O2. The molecule has 1 aromatic heterocycles. The third-order valence-corrected chi connectivity index (χ3v) is 5.27. The lowest BCUT2D eigenvalue weighted by atomic mass is 10.1. The number of anilines is 2. The molecule has 2 heterocycles. The molecule has 1 fully saturated rings.